The number of sulfonamides is 1. The van der Waals surface area contributed by atoms with E-state index in [0.29, 0.717) is 30.2 Å². The standard InChI is InChI=1S/C41H53N7O7S/c1-6-48-38(50)33-14-10-9-13-32(33)37(44-48)55-30-22-34-36(49)43-41(40(52)45-56(53,54)31-19-20-31)23-27(41)12-8-7-11-25(2)21-26(3)35(39(51)47(34)24-30)42-28-15-17-29(18-16-28)46(4)5/h8-10,12-18,25-27,30-31,34-35,42H,6-7,11,19-24H2,1-5H3,(H,43,49)(H,45,52)/b12-8-/t25-,26+,27+,30+,34-,35-,41+/m0/s1. The Labute approximate surface area is 328 Å². The van der Waals surface area contributed by atoms with Crippen LogP contribution >= 0.6 is 0 Å². The Hall–Kier alpha value is -4.92. The molecule has 2 aliphatic carbocycles. The second-order valence-electron chi connectivity index (χ2n) is 16.3. The molecule has 15 heteroatoms. The first kappa shape index (κ1) is 39.3. The van der Waals surface area contributed by atoms with Gasteiger partial charge in [-0.05, 0) is 93.7 Å². The molecule has 3 aromatic rings. The highest BCUT2D eigenvalue weighted by Gasteiger charge is 2.62. The van der Waals surface area contributed by atoms with Crippen molar-refractivity contribution in [2.75, 3.05) is 30.9 Å². The first-order chi connectivity index (χ1) is 26.7. The number of nitrogens with zero attached hydrogens (tertiary/aromatic N) is 4. The number of allylic oxidation sites excluding steroid dienone is 1. The first-order valence-electron chi connectivity index (χ1n) is 19.8. The summed E-state index contributed by atoms with van der Waals surface area (Å²) in [5.41, 5.74) is 0.0303. The summed E-state index contributed by atoms with van der Waals surface area (Å²) in [6.45, 7) is 6.38. The minimum atomic E-state index is -3.89. The van der Waals surface area contributed by atoms with Gasteiger partial charge in [0, 0.05) is 44.4 Å². The molecule has 0 radical (unpaired) electrons. The third-order valence-electron chi connectivity index (χ3n) is 11.7. The molecular formula is C41H53N7O7S. The highest BCUT2D eigenvalue weighted by atomic mass is 32.2. The number of aryl methyl sites for hydroxylation is 1. The van der Waals surface area contributed by atoms with Gasteiger partial charge in [0.1, 0.15) is 23.7 Å². The number of carbonyl (C=O) groups excluding carboxylic acids is 3. The third kappa shape index (κ3) is 8.00. The summed E-state index contributed by atoms with van der Waals surface area (Å²) in [5, 5.41) is 11.3. The van der Waals surface area contributed by atoms with Crippen molar-refractivity contribution in [3.8, 4) is 5.88 Å². The van der Waals surface area contributed by atoms with Gasteiger partial charge in [0.2, 0.25) is 27.7 Å². The number of hydrogen-bond acceptors (Lipinski definition) is 10. The second kappa shape index (κ2) is 15.5. The van der Waals surface area contributed by atoms with E-state index >= 15 is 4.79 Å². The van der Waals surface area contributed by atoms with Gasteiger partial charge in [-0.1, -0.05) is 38.1 Å². The van der Waals surface area contributed by atoms with Crippen LogP contribution in [0.4, 0.5) is 11.4 Å². The van der Waals surface area contributed by atoms with E-state index in [1.165, 1.54) is 9.58 Å². The van der Waals surface area contributed by atoms with Crippen LogP contribution in [0.5, 0.6) is 5.88 Å². The van der Waals surface area contributed by atoms with Gasteiger partial charge in [-0.15, -0.1) is 5.10 Å². The van der Waals surface area contributed by atoms with Gasteiger partial charge in [-0.25, -0.2) is 13.1 Å². The molecule has 3 amide bonds. The number of nitrogens with one attached hydrogen (secondary N) is 3. The lowest BCUT2D eigenvalue weighted by Gasteiger charge is -2.33. The summed E-state index contributed by atoms with van der Waals surface area (Å²) in [4.78, 5) is 60.1. The van der Waals surface area contributed by atoms with Crippen molar-refractivity contribution in [3.63, 3.8) is 0 Å². The molecule has 7 atom stereocenters. The minimum absolute atomic E-state index is 0.0385. The fourth-order valence-electron chi connectivity index (χ4n) is 8.20. The summed E-state index contributed by atoms with van der Waals surface area (Å²) in [6.07, 6.45) is 6.81. The summed E-state index contributed by atoms with van der Waals surface area (Å²) >= 11 is 0. The quantitative estimate of drug-likeness (QED) is 0.271. The molecule has 3 heterocycles. The molecule has 14 nitrogen and oxygen atoms in total. The number of rotatable bonds is 9. The largest absolute Gasteiger partial charge is 0.471 e. The van der Waals surface area contributed by atoms with Crippen LogP contribution < -0.4 is 30.6 Å². The molecule has 300 valence electrons. The van der Waals surface area contributed by atoms with Gasteiger partial charge in [0.25, 0.3) is 11.5 Å². The molecule has 2 aromatic carbocycles. The van der Waals surface area contributed by atoms with Gasteiger partial charge in [0.05, 0.1) is 22.6 Å². The average molecular weight is 788 g/mol. The Kier molecular flexibility index (Phi) is 10.9. The summed E-state index contributed by atoms with van der Waals surface area (Å²) in [7, 11) is 0.0307. The van der Waals surface area contributed by atoms with Gasteiger partial charge >= 0.3 is 0 Å². The van der Waals surface area contributed by atoms with E-state index in [0.717, 1.165) is 30.6 Å². The van der Waals surface area contributed by atoms with Gasteiger partial charge in [-0.3, -0.25) is 23.9 Å². The van der Waals surface area contributed by atoms with Crippen LogP contribution in [0.2, 0.25) is 0 Å². The summed E-state index contributed by atoms with van der Waals surface area (Å²) in [5.74, 6) is -1.71. The lowest BCUT2D eigenvalue weighted by molar-refractivity contribution is -0.141. The van der Waals surface area contributed by atoms with Crippen LogP contribution in [0.1, 0.15) is 65.7 Å². The van der Waals surface area contributed by atoms with Gasteiger partial charge < -0.3 is 25.2 Å². The Morgan fingerprint density at radius 3 is 2.41 bits per heavy atom. The van der Waals surface area contributed by atoms with Crippen molar-refractivity contribution in [1.82, 2.24) is 24.7 Å². The Balaban J connectivity index is 1.25. The second-order valence-corrected chi connectivity index (χ2v) is 18.2. The van der Waals surface area contributed by atoms with Gasteiger partial charge in [0.15, 0.2) is 0 Å². The third-order valence-corrected chi connectivity index (χ3v) is 13.6. The topological polar surface area (TPSA) is 172 Å². The first-order valence-corrected chi connectivity index (χ1v) is 21.3. The SMILES string of the molecule is CCn1nc(O[C@@H]2C[C@H]3C(=O)N[C@]4(C(=O)NS(=O)(=O)C5CC5)C[C@H]4/C=C\CC[C@H](C)C[C@@H](C)[C@H](Nc4ccc(N(C)C)cc4)C(=O)N3C2)c2ccccc2c1=O. The van der Waals surface area contributed by atoms with Crippen molar-refractivity contribution in [2.45, 2.75) is 101 Å². The molecule has 4 aliphatic rings. The van der Waals surface area contributed by atoms with E-state index in [2.05, 4.69) is 27.4 Å². The molecule has 2 aliphatic heterocycles. The van der Waals surface area contributed by atoms with Crippen LogP contribution in [-0.4, -0.2) is 90.4 Å². The molecule has 0 unspecified atom stereocenters. The summed E-state index contributed by atoms with van der Waals surface area (Å²) in [6, 6.07) is 13.1. The van der Waals surface area contributed by atoms with E-state index in [1.54, 1.807) is 24.3 Å². The number of anilines is 2. The number of aromatic nitrogens is 2. The zero-order valence-corrected chi connectivity index (χ0v) is 33.6. The average Bonchev–Trinajstić information content (AvgIpc) is 4.10. The van der Waals surface area contributed by atoms with Crippen LogP contribution in [0, 0.1) is 17.8 Å². The lowest BCUT2D eigenvalue weighted by atomic mass is 9.87. The molecule has 1 aromatic heterocycles. The molecule has 1 saturated heterocycles. The summed E-state index contributed by atoms with van der Waals surface area (Å²) < 4.78 is 36.0. The van der Waals surface area contributed by atoms with Crippen molar-refractivity contribution < 1.29 is 27.5 Å². The van der Waals surface area contributed by atoms with E-state index in [4.69, 9.17) is 4.74 Å². The van der Waals surface area contributed by atoms with E-state index in [1.807, 2.05) is 69.3 Å². The highest BCUT2D eigenvalue weighted by Crippen LogP contribution is 2.46. The van der Waals surface area contributed by atoms with Crippen LogP contribution in [0.25, 0.3) is 10.8 Å². The zero-order chi connectivity index (χ0) is 39.9. The number of amides is 3. The van der Waals surface area contributed by atoms with Crippen LogP contribution in [0.3, 0.4) is 0 Å². The van der Waals surface area contributed by atoms with Crippen molar-refractivity contribution in [1.29, 1.82) is 0 Å². The number of carbonyl (C=O) groups is 3. The number of benzene rings is 2. The number of fused-ring (bicyclic) bond motifs is 3. The Bertz CT molecular complexity index is 2190. The Morgan fingerprint density at radius 2 is 1.73 bits per heavy atom. The van der Waals surface area contributed by atoms with Crippen molar-refractivity contribution in [2.24, 2.45) is 17.8 Å². The smallest absolute Gasteiger partial charge is 0.274 e. The van der Waals surface area contributed by atoms with E-state index in [9.17, 15) is 22.8 Å². The van der Waals surface area contributed by atoms with Crippen molar-refractivity contribution >= 4 is 49.9 Å². The van der Waals surface area contributed by atoms with E-state index in [-0.39, 0.29) is 48.6 Å². The Morgan fingerprint density at radius 1 is 1.02 bits per heavy atom. The molecule has 0 bridgehead atoms. The molecule has 3 fully saturated rings. The van der Waals surface area contributed by atoms with Crippen LogP contribution in [-0.2, 0) is 31.0 Å². The highest BCUT2D eigenvalue weighted by molar-refractivity contribution is 7.91. The molecular weight excluding hydrogens is 735 g/mol. The fourth-order valence-corrected chi connectivity index (χ4v) is 9.56. The molecule has 7 rings (SSSR count). The molecule has 0 spiro atoms. The zero-order valence-electron chi connectivity index (χ0n) is 32.7. The number of ether oxygens (including phenoxy) is 1. The lowest BCUT2D eigenvalue weighted by Crippen LogP contribution is -2.58. The van der Waals surface area contributed by atoms with Crippen molar-refractivity contribution in [3.05, 3.63) is 71.0 Å². The normalized spacial score (nSPS) is 28.9. The number of hydrogen-bond donors (Lipinski definition) is 3. The molecule has 56 heavy (non-hydrogen) atoms. The predicted molar refractivity (Wildman–Crippen MR) is 215 cm³/mol. The fraction of sp³-hybridized carbons (Fsp3) is 0.537. The minimum Gasteiger partial charge on any atom is -0.471 e. The van der Waals surface area contributed by atoms with Gasteiger partial charge in [-0.2, -0.15) is 0 Å². The molecule has 3 N–H and O–H groups in total. The molecule has 2 saturated carbocycles. The monoisotopic (exact) mass is 787 g/mol. The van der Waals surface area contributed by atoms with Crippen LogP contribution in [0.15, 0.2) is 65.5 Å². The predicted octanol–water partition coefficient (Wildman–Crippen LogP) is 3.81. The maximum absolute atomic E-state index is 15.0. The maximum atomic E-state index is 15.0. The maximum Gasteiger partial charge on any atom is 0.274 e. The van der Waals surface area contributed by atoms with E-state index < -0.39 is 56.7 Å².